The van der Waals surface area contributed by atoms with Crippen molar-refractivity contribution in [3.8, 4) is 0 Å². The summed E-state index contributed by atoms with van der Waals surface area (Å²) >= 11 is 9.87. The average Bonchev–Trinajstić information content (AvgIpc) is 2.95. The Bertz CT molecular complexity index is 620. The van der Waals surface area contributed by atoms with E-state index in [1.165, 1.54) is 24.8 Å². The highest BCUT2D eigenvalue weighted by Gasteiger charge is 2.26. The Morgan fingerprint density at radius 2 is 2.25 bits per heavy atom. The van der Waals surface area contributed by atoms with Crippen molar-refractivity contribution >= 4 is 38.6 Å². The molecule has 0 saturated heterocycles. The lowest BCUT2D eigenvalue weighted by Gasteiger charge is -2.19. The summed E-state index contributed by atoms with van der Waals surface area (Å²) in [5, 5.41) is -0.0575. The van der Waals surface area contributed by atoms with Crippen LogP contribution in [0.4, 0.5) is 0 Å². The highest BCUT2D eigenvalue weighted by atomic mass is 79.9. The maximum atomic E-state index is 6.35. The third-order valence-corrected chi connectivity index (χ3v) is 5.24. The third-order valence-electron chi connectivity index (χ3n) is 4.55. The van der Waals surface area contributed by atoms with Gasteiger partial charge in [0.1, 0.15) is 5.82 Å². The summed E-state index contributed by atoms with van der Waals surface area (Å²) in [5.74, 6) is 2.56. The maximum absolute atomic E-state index is 6.35. The summed E-state index contributed by atoms with van der Waals surface area (Å²) in [4.78, 5) is 4.74. The predicted octanol–water partition coefficient (Wildman–Crippen LogP) is 5.53. The smallest absolute Gasteiger partial charge is 0.127 e. The summed E-state index contributed by atoms with van der Waals surface area (Å²) in [7, 11) is 0. The van der Waals surface area contributed by atoms with Gasteiger partial charge in [0, 0.05) is 11.0 Å². The normalized spacial score (nSPS) is 24.4. The van der Waals surface area contributed by atoms with Crippen LogP contribution in [0.25, 0.3) is 11.0 Å². The highest BCUT2D eigenvalue weighted by molar-refractivity contribution is 9.10. The minimum Gasteiger partial charge on any atom is -0.326 e. The van der Waals surface area contributed by atoms with E-state index in [-0.39, 0.29) is 5.38 Å². The number of hydrogen-bond acceptors (Lipinski definition) is 1. The maximum Gasteiger partial charge on any atom is 0.127 e. The largest absolute Gasteiger partial charge is 0.326 e. The fourth-order valence-corrected chi connectivity index (χ4v) is 3.86. The van der Waals surface area contributed by atoms with E-state index in [1.54, 1.807) is 0 Å². The molecule has 3 rings (SSSR count). The van der Waals surface area contributed by atoms with Crippen LogP contribution in [0.1, 0.15) is 44.3 Å². The molecule has 0 spiro atoms. The molecule has 3 atom stereocenters. The second-order valence-electron chi connectivity index (χ2n) is 6.00. The monoisotopic (exact) mass is 354 g/mol. The van der Waals surface area contributed by atoms with E-state index >= 15 is 0 Å². The molecule has 108 valence electrons. The standard InChI is InChI=1S/C16H20BrClN2/c1-10-4-3-5-12(10)9-20-15-7-6-13(17)8-14(15)19-16(20)11(2)18/h6-8,10-12H,3-5,9H2,1-2H3. The molecular weight excluding hydrogens is 336 g/mol. The zero-order valence-corrected chi connectivity index (χ0v) is 14.3. The van der Waals surface area contributed by atoms with Crippen molar-refractivity contribution in [1.29, 1.82) is 0 Å². The number of alkyl halides is 1. The van der Waals surface area contributed by atoms with Crippen molar-refractivity contribution in [3.05, 3.63) is 28.5 Å². The molecule has 1 aromatic carbocycles. The zero-order chi connectivity index (χ0) is 14.3. The van der Waals surface area contributed by atoms with E-state index in [0.717, 1.165) is 34.2 Å². The third kappa shape index (κ3) is 2.62. The molecule has 0 amide bonds. The van der Waals surface area contributed by atoms with Crippen LogP contribution >= 0.6 is 27.5 Å². The predicted molar refractivity (Wildman–Crippen MR) is 88.2 cm³/mol. The molecule has 1 aliphatic rings. The molecule has 4 heteroatoms. The van der Waals surface area contributed by atoms with E-state index in [0.29, 0.717) is 0 Å². The Kier molecular flexibility index (Phi) is 4.09. The Labute approximate surface area is 133 Å². The van der Waals surface area contributed by atoms with E-state index in [1.807, 2.05) is 6.92 Å². The minimum absolute atomic E-state index is 0.0575. The number of halogens is 2. The topological polar surface area (TPSA) is 17.8 Å². The molecule has 0 bridgehead atoms. The molecule has 3 unspecified atom stereocenters. The van der Waals surface area contributed by atoms with Gasteiger partial charge in [0.15, 0.2) is 0 Å². The molecule has 2 aromatic rings. The molecule has 1 heterocycles. The van der Waals surface area contributed by atoms with Crippen LogP contribution in [0.3, 0.4) is 0 Å². The summed E-state index contributed by atoms with van der Waals surface area (Å²) in [6.07, 6.45) is 4.04. The van der Waals surface area contributed by atoms with Crippen molar-refractivity contribution in [1.82, 2.24) is 9.55 Å². The molecule has 2 nitrogen and oxygen atoms in total. The number of imidazole rings is 1. The molecule has 20 heavy (non-hydrogen) atoms. The van der Waals surface area contributed by atoms with Gasteiger partial charge in [0.25, 0.3) is 0 Å². The van der Waals surface area contributed by atoms with E-state index in [9.17, 15) is 0 Å². The minimum atomic E-state index is -0.0575. The molecular formula is C16H20BrClN2. The van der Waals surface area contributed by atoms with Crippen LogP contribution in [0.2, 0.25) is 0 Å². The van der Waals surface area contributed by atoms with Crippen molar-refractivity contribution in [3.63, 3.8) is 0 Å². The Balaban J connectivity index is 2.04. The molecule has 0 radical (unpaired) electrons. The molecule has 0 aliphatic heterocycles. The summed E-state index contributed by atoms with van der Waals surface area (Å²) in [5.41, 5.74) is 2.24. The van der Waals surface area contributed by atoms with Gasteiger partial charge in [0.2, 0.25) is 0 Å². The van der Waals surface area contributed by atoms with Gasteiger partial charge in [-0.1, -0.05) is 35.7 Å². The SMILES string of the molecule is CC(Cl)c1nc2cc(Br)ccc2n1CC1CCCC1C. The number of aromatic nitrogens is 2. The van der Waals surface area contributed by atoms with Crippen molar-refractivity contribution in [2.45, 2.75) is 45.0 Å². The first kappa shape index (κ1) is 14.4. The second kappa shape index (κ2) is 5.69. The summed E-state index contributed by atoms with van der Waals surface area (Å²) in [6, 6.07) is 6.31. The van der Waals surface area contributed by atoms with Gasteiger partial charge in [0.05, 0.1) is 16.4 Å². The van der Waals surface area contributed by atoms with Gasteiger partial charge in [-0.05, 0) is 43.4 Å². The number of nitrogens with zero attached hydrogens (tertiary/aromatic N) is 2. The highest BCUT2D eigenvalue weighted by Crippen LogP contribution is 2.35. The lowest BCUT2D eigenvalue weighted by Crippen LogP contribution is -2.15. The van der Waals surface area contributed by atoms with Crippen molar-refractivity contribution in [2.75, 3.05) is 0 Å². The molecule has 0 N–H and O–H groups in total. The Hall–Kier alpha value is -0.540. The molecule has 1 aromatic heterocycles. The van der Waals surface area contributed by atoms with Crippen LogP contribution in [0.5, 0.6) is 0 Å². The summed E-state index contributed by atoms with van der Waals surface area (Å²) in [6.45, 7) is 5.43. The van der Waals surface area contributed by atoms with Gasteiger partial charge < -0.3 is 4.57 Å². The quantitative estimate of drug-likeness (QED) is 0.661. The molecule has 1 aliphatic carbocycles. The van der Waals surface area contributed by atoms with Crippen molar-refractivity contribution in [2.24, 2.45) is 11.8 Å². The first-order valence-electron chi connectivity index (χ1n) is 7.36. The van der Waals surface area contributed by atoms with E-state index < -0.39 is 0 Å². The number of hydrogen-bond donors (Lipinski definition) is 0. The van der Waals surface area contributed by atoms with Crippen LogP contribution < -0.4 is 0 Å². The van der Waals surface area contributed by atoms with Gasteiger partial charge in [-0.2, -0.15) is 0 Å². The zero-order valence-electron chi connectivity index (χ0n) is 11.9. The molecule has 1 saturated carbocycles. The van der Waals surface area contributed by atoms with Gasteiger partial charge in [-0.3, -0.25) is 0 Å². The van der Waals surface area contributed by atoms with Crippen molar-refractivity contribution < 1.29 is 0 Å². The Morgan fingerprint density at radius 3 is 2.90 bits per heavy atom. The Morgan fingerprint density at radius 1 is 1.45 bits per heavy atom. The second-order valence-corrected chi connectivity index (χ2v) is 7.57. The first-order valence-corrected chi connectivity index (χ1v) is 8.59. The van der Waals surface area contributed by atoms with Gasteiger partial charge >= 0.3 is 0 Å². The van der Waals surface area contributed by atoms with E-state index in [4.69, 9.17) is 16.6 Å². The van der Waals surface area contributed by atoms with Crippen LogP contribution in [0, 0.1) is 11.8 Å². The summed E-state index contributed by atoms with van der Waals surface area (Å²) < 4.78 is 3.41. The lowest BCUT2D eigenvalue weighted by molar-refractivity contribution is 0.363. The van der Waals surface area contributed by atoms with Crippen LogP contribution in [-0.4, -0.2) is 9.55 Å². The van der Waals surface area contributed by atoms with E-state index in [2.05, 4.69) is 45.6 Å². The fraction of sp³-hybridized carbons (Fsp3) is 0.562. The molecule has 1 fully saturated rings. The van der Waals surface area contributed by atoms with Gasteiger partial charge in [-0.25, -0.2) is 4.98 Å². The number of rotatable bonds is 3. The average molecular weight is 356 g/mol. The first-order chi connectivity index (χ1) is 9.56. The van der Waals surface area contributed by atoms with Gasteiger partial charge in [-0.15, -0.1) is 11.6 Å². The lowest BCUT2D eigenvalue weighted by atomic mass is 9.98. The number of fused-ring (bicyclic) bond motifs is 1. The van der Waals surface area contributed by atoms with Crippen LogP contribution in [-0.2, 0) is 6.54 Å². The number of benzene rings is 1. The van der Waals surface area contributed by atoms with Crippen LogP contribution in [0.15, 0.2) is 22.7 Å². The fourth-order valence-electron chi connectivity index (χ4n) is 3.35.